The van der Waals surface area contributed by atoms with Crippen LogP contribution in [-0.4, -0.2) is 42.3 Å². The molecular formula is C25H30ClN3O3. The zero-order valence-electron chi connectivity index (χ0n) is 18.3. The van der Waals surface area contributed by atoms with Gasteiger partial charge < -0.3 is 19.7 Å². The van der Waals surface area contributed by atoms with Crippen LogP contribution in [0.3, 0.4) is 0 Å². The summed E-state index contributed by atoms with van der Waals surface area (Å²) in [5.41, 5.74) is 1.38. The Labute approximate surface area is 194 Å². The maximum atomic E-state index is 13.2. The summed E-state index contributed by atoms with van der Waals surface area (Å²) in [5.74, 6) is 1.18. The van der Waals surface area contributed by atoms with Gasteiger partial charge in [-0.25, -0.2) is 4.98 Å². The number of amides is 1. The smallest absolute Gasteiger partial charge is 0.255 e. The molecule has 0 atom stereocenters. The fourth-order valence-corrected chi connectivity index (χ4v) is 5.35. The molecule has 0 saturated heterocycles. The average Bonchev–Trinajstić information content (AvgIpc) is 3.33. The van der Waals surface area contributed by atoms with E-state index in [9.17, 15) is 4.79 Å². The summed E-state index contributed by atoms with van der Waals surface area (Å²) >= 11 is 6.39. The van der Waals surface area contributed by atoms with Crippen molar-refractivity contribution in [3.05, 3.63) is 47.1 Å². The Morgan fingerprint density at radius 3 is 2.62 bits per heavy atom. The molecule has 32 heavy (non-hydrogen) atoms. The number of aromatic nitrogens is 1. The molecular weight excluding hydrogens is 426 g/mol. The van der Waals surface area contributed by atoms with Crippen molar-refractivity contribution in [1.29, 1.82) is 0 Å². The molecule has 1 aromatic heterocycles. The number of nitrogens with zero attached hydrogens (tertiary/aromatic N) is 2. The first-order chi connectivity index (χ1) is 15.7. The molecule has 1 N–H and O–H groups in total. The molecule has 2 saturated carbocycles. The van der Waals surface area contributed by atoms with Crippen LogP contribution in [0, 0.1) is 0 Å². The summed E-state index contributed by atoms with van der Waals surface area (Å²) in [5, 5.41) is 3.81. The lowest BCUT2D eigenvalue weighted by Crippen LogP contribution is -2.40. The van der Waals surface area contributed by atoms with Crippen molar-refractivity contribution in [1.82, 2.24) is 10.3 Å². The summed E-state index contributed by atoms with van der Waals surface area (Å²) in [7, 11) is 0. The maximum Gasteiger partial charge on any atom is 0.255 e. The van der Waals surface area contributed by atoms with Crippen molar-refractivity contribution in [3.8, 4) is 5.75 Å². The van der Waals surface area contributed by atoms with Gasteiger partial charge in [0.25, 0.3) is 5.91 Å². The first-order valence-corrected chi connectivity index (χ1v) is 12.2. The second kappa shape index (κ2) is 9.67. The van der Waals surface area contributed by atoms with E-state index in [0.29, 0.717) is 47.5 Å². The topological polar surface area (TPSA) is 63.7 Å². The molecule has 2 fully saturated rings. The molecule has 1 amide bonds. The van der Waals surface area contributed by atoms with Crippen molar-refractivity contribution in [2.45, 2.75) is 69.6 Å². The van der Waals surface area contributed by atoms with Gasteiger partial charge in [0, 0.05) is 12.2 Å². The lowest BCUT2D eigenvalue weighted by Gasteiger charge is -2.33. The van der Waals surface area contributed by atoms with E-state index in [1.54, 1.807) is 6.20 Å². The molecule has 1 aliphatic heterocycles. The van der Waals surface area contributed by atoms with E-state index in [2.05, 4.69) is 10.3 Å². The molecule has 0 bridgehead atoms. The van der Waals surface area contributed by atoms with Crippen molar-refractivity contribution in [2.24, 2.45) is 0 Å². The van der Waals surface area contributed by atoms with Gasteiger partial charge in [0.05, 0.1) is 35.0 Å². The monoisotopic (exact) mass is 455 g/mol. The van der Waals surface area contributed by atoms with E-state index in [0.717, 1.165) is 31.4 Å². The van der Waals surface area contributed by atoms with Crippen molar-refractivity contribution in [2.75, 3.05) is 18.1 Å². The molecule has 2 aromatic rings. The summed E-state index contributed by atoms with van der Waals surface area (Å²) in [6.45, 7) is 1.09. The van der Waals surface area contributed by atoms with Crippen LogP contribution in [0.25, 0.3) is 0 Å². The van der Waals surface area contributed by atoms with Crippen molar-refractivity contribution >= 4 is 29.0 Å². The predicted octanol–water partition coefficient (Wildman–Crippen LogP) is 5.27. The van der Waals surface area contributed by atoms with Gasteiger partial charge in [-0.15, -0.1) is 0 Å². The summed E-state index contributed by atoms with van der Waals surface area (Å²) in [4.78, 5) is 19.6. The van der Waals surface area contributed by atoms with Gasteiger partial charge in [-0.2, -0.15) is 0 Å². The molecule has 170 valence electrons. The lowest BCUT2D eigenvalue weighted by atomic mass is 9.92. The fraction of sp³-hybridized carbons (Fsp3) is 0.520. The summed E-state index contributed by atoms with van der Waals surface area (Å²) < 4.78 is 12.2. The van der Waals surface area contributed by atoms with Gasteiger partial charge in [-0.1, -0.05) is 30.5 Å². The van der Waals surface area contributed by atoms with Gasteiger partial charge in [0.15, 0.2) is 11.6 Å². The highest BCUT2D eigenvalue weighted by molar-refractivity contribution is 6.33. The largest absolute Gasteiger partial charge is 0.489 e. The number of para-hydroxylation sites is 1. The van der Waals surface area contributed by atoms with Gasteiger partial charge in [-0.05, 0) is 62.8 Å². The lowest BCUT2D eigenvalue weighted by molar-refractivity contribution is -0.0294. The Bertz CT molecular complexity index is 955. The summed E-state index contributed by atoms with van der Waals surface area (Å²) in [6, 6.07) is 9.46. The minimum absolute atomic E-state index is 0.0871. The molecule has 0 radical (unpaired) electrons. The van der Waals surface area contributed by atoms with Crippen LogP contribution >= 0.6 is 11.6 Å². The van der Waals surface area contributed by atoms with Crippen LogP contribution in [0.1, 0.15) is 61.7 Å². The number of benzene rings is 1. The Morgan fingerprint density at radius 2 is 1.84 bits per heavy atom. The predicted molar refractivity (Wildman–Crippen MR) is 125 cm³/mol. The second-order valence-electron chi connectivity index (χ2n) is 8.95. The molecule has 3 aliphatic rings. The van der Waals surface area contributed by atoms with Crippen molar-refractivity contribution < 1.29 is 14.3 Å². The number of carbonyl (C=O) groups is 1. The molecule has 5 rings (SSSR count). The van der Waals surface area contributed by atoms with Crippen LogP contribution < -0.4 is 15.0 Å². The van der Waals surface area contributed by atoms with Gasteiger partial charge >= 0.3 is 0 Å². The van der Waals surface area contributed by atoms with Gasteiger partial charge in [0.2, 0.25) is 0 Å². The van der Waals surface area contributed by atoms with Gasteiger partial charge in [0.1, 0.15) is 6.61 Å². The van der Waals surface area contributed by atoms with Crippen LogP contribution in [0.2, 0.25) is 5.02 Å². The van der Waals surface area contributed by atoms with E-state index in [1.807, 2.05) is 35.2 Å². The fourth-order valence-electron chi connectivity index (χ4n) is 5.13. The number of pyridine rings is 1. The number of halogens is 1. The quantitative estimate of drug-likeness (QED) is 0.665. The first-order valence-electron chi connectivity index (χ1n) is 11.8. The molecule has 7 heteroatoms. The number of nitrogens with one attached hydrogen (secondary N) is 1. The van der Waals surface area contributed by atoms with Crippen LogP contribution in [0.5, 0.6) is 5.75 Å². The minimum atomic E-state index is -0.0871. The normalized spacial score (nSPS) is 23.5. The van der Waals surface area contributed by atoms with Crippen LogP contribution in [0.4, 0.5) is 11.5 Å². The SMILES string of the molecule is O=C(NC1CCC(OC2CCCC2)CC1)c1cccc2c1OCCN2c1ncccc1Cl. The van der Waals surface area contributed by atoms with E-state index in [4.69, 9.17) is 21.1 Å². The highest BCUT2D eigenvalue weighted by Gasteiger charge is 2.29. The summed E-state index contributed by atoms with van der Waals surface area (Å²) in [6.07, 6.45) is 11.4. The number of hydrogen-bond donors (Lipinski definition) is 1. The van der Waals surface area contributed by atoms with Gasteiger partial charge in [-0.3, -0.25) is 4.79 Å². The highest BCUT2D eigenvalue weighted by Crippen LogP contribution is 2.40. The number of anilines is 2. The zero-order chi connectivity index (χ0) is 21.9. The molecule has 2 aliphatic carbocycles. The maximum absolute atomic E-state index is 13.2. The van der Waals surface area contributed by atoms with E-state index in [1.165, 1.54) is 25.7 Å². The van der Waals surface area contributed by atoms with E-state index >= 15 is 0 Å². The zero-order valence-corrected chi connectivity index (χ0v) is 19.0. The standard InChI is InChI=1S/C25H30ClN3O3/c26-21-8-4-14-27-24(21)29-15-16-31-23-20(7-3-9-22(23)29)25(30)28-17-10-12-19(13-11-17)32-18-5-1-2-6-18/h3-4,7-9,14,17-19H,1-2,5-6,10-13,15-16H2,(H,28,30). The van der Waals surface area contributed by atoms with E-state index < -0.39 is 0 Å². The Hall–Kier alpha value is -2.31. The molecule has 0 spiro atoms. The molecule has 2 heterocycles. The Morgan fingerprint density at radius 1 is 1.06 bits per heavy atom. The number of fused-ring (bicyclic) bond motifs is 1. The number of hydrogen-bond acceptors (Lipinski definition) is 5. The molecule has 6 nitrogen and oxygen atoms in total. The van der Waals surface area contributed by atoms with Crippen LogP contribution in [-0.2, 0) is 4.74 Å². The molecule has 0 unspecified atom stereocenters. The third kappa shape index (κ3) is 4.57. The third-order valence-corrected chi connectivity index (χ3v) is 7.08. The Balaban J connectivity index is 1.25. The average molecular weight is 456 g/mol. The number of rotatable bonds is 5. The first kappa shape index (κ1) is 21.5. The van der Waals surface area contributed by atoms with E-state index in [-0.39, 0.29) is 11.9 Å². The number of ether oxygens (including phenoxy) is 2. The number of carbonyl (C=O) groups excluding carboxylic acids is 1. The Kier molecular flexibility index (Phi) is 6.51. The van der Waals surface area contributed by atoms with Crippen molar-refractivity contribution in [3.63, 3.8) is 0 Å². The van der Waals surface area contributed by atoms with Crippen LogP contribution in [0.15, 0.2) is 36.5 Å². The second-order valence-corrected chi connectivity index (χ2v) is 9.36. The minimum Gasteiger partial charge on any atom is -0.489 e. The third-order valence-electron chi connectivity index (χ3n) is 6.78. The molecule has 1 aromatic carbocycles. The highest BCUT2D eigenvalue weighted by atomic mass is 35.5.